The quantitative estimate of drug-likeness (QED) is 0.372. The van der Waals surface area contributed by atoms with E-state index in [0.29, 0.717) is 21.7 Å². The minimum atomic E-state index is -1.53. The molecule has 3 aromatic carbocycles. The van der Waals surface area contributed by atoms with E-state index in [-0.39, 0.29) is 18.2 Å². The van der Waals surface area contributed by atoms with Crippen molar-refractivity contribution in [3.63, 3.8) is 0 Å². The van der Waals surface area contributed by atoms with Gasteiger partial charge in [-0.25, -0.2) is 4.79 Å². The molecule has 6 rings (SSSR count). The molecule has 3 aliphatic rings. The minimum Gasteiger partial charge on any atom is -0.464 e. The highest BCUT2D eigenvalue weighted by molar-refractivity contribution is 6.32. The van der Waals surface area contributed by atoms with Crippen LogP contribution in [0, 0.1) is 5.41 Å². The zero-order chi connectivity index (χ0) is 24.3. The highest BCUT2D eigenvalue weighted by Crippen LogP contribution is 2.60. The lowest BCUT2D eigenvalue weighted by molar-refractivity contribution is -0.145. The van der Waals surface area contributed by atoms with Crippen LogP contribution in [-0.2, 0) is 9.53 Å². The molecule has 0 amide bonds. The number of para-hydroxylation sites is 1. The van der Waals surface area contributed by atoms with Gasteiger partial charge in [0, 0.05) is 27.8 Å². The monoisotopic (exact) mass is 483 g/mol. The molecular formula is C29H22ClNO4. The smallest absolute Gasteiger partial charge is 0.329 e. The van der Waals surface area contributed by atoms with E-state index in [9.17, 15) is 14.4 Å². The van der Waals surface area contributed by atoms with Crippen molar-refractivity contribution in [3.05, 3.63) is 106 Å². The summed E-state index contributed by atoms with van der Waals surface area (Å²) in [4.78, 5) is 44.2. The average molecular weight is 484 g/mol. The summed E-state index contributed by atoms with van der Waals surface area (Å²) < 4.78 is 5.56. The zero-order valence-corrected chi connectivity index (χ0v) is 19.7. The van der Waals surface area contributed by atoms with Gasteiger partial charge in [-0.2, -0.15) is 0 Å². The Bertz CT molecular complexity index is 1390. The lowest BCUT2D eigenvalue weighted by atomic mass is 9.65. The van der Waals surface area contributed by atoms with Gasteiger partial charge < -0.3 is 9.64 Å². The molecular weight excluding hydrogens is 462 g/mol. The van der Waals surface area contributed by atoms with Gasteiger partial charge in [0.25, 0.3) is 0 Å². The Kier molecular flexibility index (Phi) is 4.94. The number of carbonyl (C=O) groups is 3. The van der Waals surface area contributed by atoms with Crippen LogP contribution in [0.3, 0.4) is 0 Å². The average Bonchev–Trinajstić information content (AvgIpc) is 3.31. The van der Waals surface area contributed by atoms with E-state index in [4.69, 9.17) is 16.3 Å². The molecule has 2 aliphatic heterocycles. The lowest BCUT2D eigenvalue weighted by Gasteiger charge is -2.36. The maximum Gasteiger partial charge on any atom is 0.329 e. The Morgan fingerprint density at radius 1 is 0.971 bits per heavy atom. The van der Waals surface area contributed by atoms with Crippen LogP contribution in [0.5, 0.6) is 0 Å². The Morgan fingerprint density at radius 2 is 1.66 bits per heavy atom. The van der Waals surface area contributed by atoms with Gasteiger partial charge in [0.2, 0.25) is 0 Å². The topological polar surface area (TPSA) is 63.7 Å². The maximum absolute atomic E-state index is 14.3. The number of anilines is 1. The van der Waals surface area contributed by atoms with E-state index < -0.39 is 29.4 Å². The SMILES string of the molecule is CCOC(=O)[C@H]1[C@H](c2cccc(Cl)c2)C2(C(=O)c3ccccc3C2=O)C2C=Cc3ccccc3N21. The molecule has 6 heteroatoms. The van der Waals surface area contributed by atoms with Crippen molar-refractivity contribution >= 4 is 40.9 Å². The number of rotatable bonds is 3. The number of ketones is 2. The highest BCUT2D eigenvalue weighted by Gasteiger charge is 2.72. The van der Waals surface area contributed by atoms with E-state index in [1.54, 1.807) is 49.4 Å². The van der Waals surface area contributed by atoms with Crippen molar-refractivity contribution in [1.29, 1.82) is 0 Å². The van der Waals surface area contributed by atoms with Crippen LogP contribution in [0.15, 0.2) is 78.9 Å². The number of benzene rings is 3. The Balaban J connectivity index is 1.68. The third kappa shape index (κ3) is 2.85. The van der Waals surface area contributed by atoms with Crippen molar-refractivity contribution in [2.24, 2.45) is 5.41 Å². The molecule has 0 bridgehead atoms. The molecule has 2 heterocycles. The fourth-order valence-electron chi connectivity index (χ4n) is 6.19. The molecule has 1 fully saturated rings. The lowest BCUT2D eigenvalue weighted by Crippen LogP contribution is -2.48. The summed E-state index contributed by atoms with van der Waals surface area (Å²) in [6.07, 6.45) is 3.82. The summed E-state index contributed by atoms with van der Waals surface area (Å²) >= 11 is 6.39. The zero-order valence-electron chi connectivity index (χ0n) is 19.0. The molecule has 1 saturated heterocycles. The van der Waals surface area contributed by atoms with E-state index in [1.807, 2.05) is 47.4 Å². The van der Waals surface area contributed by atoms with Crippen molar-refractivity contribution in [2.45, 2.75) is 24.9 Å². The van der Waals surface area contributed by atoms with E-state index in [1.165, 1.54) is 0 Å². The molecule has 3 aromatic rings. The van der Waals surface area contributed by atoms with Crippen molar-refractivity contribution in [1.82, 2.24) is 0 Å². The first kappa shape index (κ1) is 21.8. The third-order valence-corrected chi connectivity index (χ3v) is 7.68. The van der Waals surface area contributed by atoms with Crippen LogP contribution in [0.25, 0.3) is 6.08 Å². The molecule has 174 valence electrons. The largest absolute Gasteiger partial charge is 0.464 e. The van der Waals surface area contributed by atoms with Gasteiger partial charge in [0.15, 0.2) is 11.6 Å². The number of carbonyl (C=O) groups excluding carboxylic acids is 3. The second kappa shape index (κ2) is 7.92. The fraction of sp³-hybridized carbons (Fsp3) is 0.207. The van der Waals surface area contributed by atoms with E-state index in [2.05, 4.69) is 0 Å². The molecule has 1 spiro atoms. The van der Waals surface area contributed by atoms with Crippen molar-refractivity contribution in [3.8, 4) is 0 Å². The van der Waals surface area contributed by atoms with Gasteiger partial charge in [0.1, 0.15) is 11.5 Å². The number of Topliss-reactive ketones (excluding diaryl/α,β-unsaturated/α-hetero) is 2. The first-order chi connectivity index (χ1) is 17.0. The van der Waals surface area contributed by atoms with Gasteiger partial charge in [-0.3, -0.25) is 9.59 Å². The summed E-state index contributed by atoms with van der Waals surface area (Å²) in [6.45, 7) is 1.93. The van der Waals surface area contributed by atoms with E-state index in [0.717, 1.165) is 11.3 Å². The molecule has 35 heavy (non-hydrogen) atoms. The summed E-state index contributed by atoms with van der Waals surface area (Å²) in [5, 5.41) is 0.469. The standard InChI is InChI=1S/C29H22ClNO4/c1-2-35-28(34)25-24(18-9-7-10-19(30)16-18)29(26(32)20-11-4-5-12-21(20)27(29)33)23-15-14-17-8-3-6-13-22(17)31(23)25/h3-16,23-25H,2H2,1H3/t23?,24-,25+/m0/s1. The first-order valence-electron chi connectivity index (χ1n) is 11.7. The molecule has 0 saturated carbocycles. The van der Waals surface area contributed by atoms with Gasteiger partial charge in [-0.15, -0.1) is 0 Å². The number of hydrogen-bond donors (Lipinski definition) is 0. The van der Waals surface area contributed by atoms with Crippen LogP contribution < -0.4 is 4.90 Å². The first-order valence-corrected chi connectivity index (χ1v) is 12.0. The Hall–Kier alpha value is -3.70. The number of hydrogen-bond acceptors (Lipinski definition) is 5. The molecule has 1 aliphatic carbocycles. The second-order valence-corrected chi connectivity index (χ2v) is 9.51. The Labute approximate surface area is 208 Å². The van der Waals surface area contributed by atoms with Crippen molar-refractivity contribution in [2.75, 3.05) is 11.5 Å². The summed E-state index contributed by atoms with van der Waals surface area (Å²) in [6, 6.07) is 20.2. The summed E-state index contributed by atoms with van der Waals surface area (Å²) in [7, 11) is 0. The van der Waals surface area contributed by atoms with Crippen molar-refractivity contribution < 1.29 is 19.1 Å². The highest BCUT2D eigenvalue weighted by atomic mass is 35.5. The molecule has 0 aromatic heterocycles. The molecule has 1 unspecified atom stereocenters. The van der Waals surface area contributed by atoms with Crippen LogP contribution >= 0.6 is 11.6 Å². The summed E-state index contributed by atoms with van der Waals surface area (Å²) in [5.74, 6) is -1.81. The molecule has 0 radical (unpaired) electrons. The minimum absolute atomic E-state index is 0.183. The van der Waals surface area contributed by atoms with Gasteiger partial charge in [-0.1, -0.05) is 78.4 Å². The van der Waals surface area contributed by atoms with Crippen LogP contribution in [-0.4, -0.2) is 36.2 Å². The Morgan fingerprint density at radius 3 is 2.34 bits per heavy atom. The van der Waals surface area contributed by atoms with E-state index >= 15 is 0 Å². The van der Waals surface area contributed by atoms with Crippen LogP contribution in [0.2, 0.25) is 5.02 Å². The number of ether oxygens (including phenoxy) is 1. The van der Waals surface area contributed by atoms with Crippen LogP contribution in [0.4, 0.5) is 5.69 Å². The molecule has 5 nitrogen and oxygen atoms in total. The van der Waals surface area contributed by atoms with Gasteiger partial charge in [-0.05, 0) is 36.2 Å². The normalized spacial score (nSPS) is 23.3. The number of esters is 1. The number of nitrogens with zero attached hydrogens (tertiary/aromatic N) is 1. The fourth-order valence-corrected chi connectivity index (χ4v) is 6.39. The van der Waals surface area contributed by atoms with Gasteiger partial charge in [0.05, 0.1) is 12.6 Å². The second-order valence-electron chi connectivity index (χ2n) is 9.07. The summed E-state index contributed by atoms with van der Waals surface area (Å²) in [5.41, 5.74) is 1.61. The van der Waals surface area contributed by atoms with Crippen LogP contribution in [0.1, 0.15) is 44.7 Å². The third-order valence-electron chi connectivity index (χ3n) is 7.45. The molecule has 3 atom stereocenters. The predicted octanol–water partition coefficient (Wildman–Crippen LogP) is 5.34. The maximum atomic E-state index is 14.3. The number of halogens is 1. The number of fused-ring (bicyclic) bond motifs is 5. The van der Waals surface area contributed by atoms with Gasteiger partial charge >= 0.3 is 5.97 Å². The molecule has 0 N–H and O–H groups in total. The predicted molar refractivity (Wildman–Crippen MR) is 134 cm³/mol.